The lowest BCUT2D eigenvalue weighted by Crippen LogP contribution is -2.45. The summed E-state index contributed by atoms with van der Waals surface area (Å²) in [4.78, 5) is 13.0. The van der Waals surface area contributed by atoms with Gasteiger partial charge < -0.3 is 9.84 Å². The van der Waals surface area contributed by atoms with Crippen molar-refractivity contribution < 1.29 is 14.6 Å². The Morgan fingerprint density at radius 3 is 3.12 bits per heavy atom. The van der Waals surface area contributed by atoms with E-state index in [4.69, 9.17) is 9.84 Å². The van der Waals surface area contributed by atoms with Gasteiger partial charge in [-0.25, -0.2) is 4.79 Å². The number of carboxylic acids is 1. The summed E-state index contributed by atoms with van der Waals surface area (Å²) in [5, 5.41) is 8.91. The molecule has 0 amide bonds. The van der Waals surface area contributed by atoms with Crippen molar-refractivity contribution in [1.82, 2.24) is 4.90 Å². The Morgan fingerprint density at radius 2 is 2.41 bits per heavy atom. The Hall–Kier alpha value is -1.39. The van der Waals surface area contributed by atoms with Crippen molar-refractivity contribution in [2.75, 3.05) is 19.7 Å². The van der Waals surface area contributed by atoms with Crippen LogP contribution in [0.5, 0.6) is 0 Å². The van der Waals surface area contributed by atoms with Crippen LogP contribution in [0.3, 0.4) is 0 Å². The molecule has 0 radical (unpaired) electrons. The summed E-state index contributed by atoms with van der Waals surface area (Å²) in [5.74, 6) is -0.876. The van der Waals surface area contributed by atoms with Gasteiger partial charge >= 0.3 is 5.97 Å². The molecular formula is C13H17NO3. The first-order valence-corrected chi connectivity index (χ1v) is 5.77. The third-order valence-corrected chi connectivity index (χ3v) is 2.91. The van der Waals surface area contributed by atoms with Gasteiger partial charge in [0.15, 0.2) is 6.10 Å². The molecule has 1 atom stereocenters. The average Bonchev–Trinajstić information content (AvgIpc) is 2.29. The second kappa shape index (κ2) is 5.29. The van der Waals surface area contributed by atoms with Gasteiger partial charge in [-0.2, -0.15) is 0 Å². The number of carbonyl (C=O) groups is 1. The van der Waals surface area contributed by atoms with E-state index in [0.717, 1.165) is 13.1 Å². The molecule has 1 N–H and O–H groups in total. The molecule has 1 aromatic carbocycles. The van der Waals surface area contributed by atoms with E-state index < -0.39 is 12.1 Å². The van der Waals surface area contributed by atoms with Gasteiger partial charge in [-0.3, -0.25) is 4.90 Å². The standard InChI is InChI=1S/C13H17NO3/c1-10-3-2-4-11(7-10)8-14-5-6-17-12(9-14)13(15)16/h2-4,7,12H,5-6,8-9H2,1H3,(H,15,16). The van der Waals surface area contributed by atoms with Crippen molar-refractivity contribution in [3.63, 3.8) is 0 Å². The van der Waals surface area contributed by atoms with Crippen molar-refractivity contribution in [2.24, 2.45) is 0 Å². The number of aryl methyl sites for hydroxylation is 1. The Labute approximate surface area is 101 Å². The first kappa shape index (κ1) is 12.1. The number of hydrogen-bond donors (Lipinski definition) is 1. The normalized spacial score (nSPS) is 21.4. The van der Waals surface area contributed by atoms with Crippen LogP contribution in [-0.2, 0) is 16.1 Å². The minimum absolute atomic E-state index is 0.462. The van der Waals surface area contributed by atoms with Crippen LogP contribution in [0.15, 0.2) is 24.3 Å². The summed E-state index contributed by atoms with van der Waals surface area (Å²) in [6, 6.07) is 8.28. The molecule has 0 aromatic heterocycles. The fourth-order valence-electron chi connectivity index (χ4n) is 2.06. The Bertz CT molecular complexity index is 405. The molecule has 17 heavy (non-hydrogen) atoms. The minimum Gasteiger partial charge on any atom is -0.479 e. The molecule has 0 spiro atoms. The number of hydrogen-bond acceptors (Lipinski definition) is 3. The maximum atomic E-state index is 10.9. The molecule has 1 fully saturated rings. The van der Waals surface area contributed by atoms with Crippen LogP contribution in [0.4, 0.5) is 0 Å². The zero-order valence-corrected chi connectivity index (χ0v) is 9.93. The number of nitrogens with zero attached hydrogens (tertiary/aromatic N) is 1. The fraction of sp³-hybridized carbons (Fsp3) is 0.462. The molecule has 0 saturated carbocycles. The second-order valence-electron chi connectivity index (χ2n) is 4.42. The maximum Gasteiger partial charge on any atom is 0.334 e. The van der Waals surface area contributed by atoms with Gasteiger partial charge in [-0.1, -0.05) is 29.8 Å². The van der Waals surface area contributed by atoms with E-state index >= 15 is 0 Å². The van der Waals surface area contributed by atoms with Crippen LogP contribution in [0.1, 0.15) is 11.1 Å². The lowest BCUT2D eigenvalue weighted by atomic mass is 10.1. The lowest BCUT2D eigenvalue weighted by molar-refractivity contribution is -0.156. The smallest absolute Gasteiger partial charge is 0.334 e. The quantitative estimate of drug-likeness (QED) is 0.857. The van der Waals surface area contributed by atoms with E-state index in [1.54, 1.807) is 0 Å². The van der Waals surface area contributed by atoms with E-state index in [2.05, 4.69) is 30.0 Å². The highest BCUT2D eigenvalue weighted by molar-refractivity contribution is 5.72. The largest absolute Gasteiger partial charge is 0.479 e. The molecule has 4 nitrogen and oxygen atoms in total. The van der Waals surface area contributed by atoms with E-state index in [1.165, 1.54) is 11.1 Å². The number of rotatable bonds is 3. The SMILES string of the molecule is Cc1cccc(CN2CCOC(C(=O)O)C2)c1. The summed E-state index contributed by atoms with van der Waals surface area (Å²) in [6.07, 6.45) is -0.687. The summed E-state index contributed by atoms with van der Waals surface area (Å²) in [5.41, 5.74) is 2.45. The van der Waals surface area contributed by atoms with Crippen molar-refractivity contribution >= 4 is 5.97 Å². The average molecular weight is 235 g/mol. The molecule has 1 aliphatic heterocycles. The Morgan fingerprint density at radius 1 is 1.59 bits per heavy atom. The van der Waals surface area contributed by atoms with Gasteiger partial charge in [0, 0.05) is 19.6 Å². The van der Waals surface area contributed by atoms with Gasteiger partial charge in [-0.15, -0.1) is 0 Å². The molecule has 2 rings (SSSR count). The molecule has 0 bridgehead atoms. The van der Waals surface area contributed by atoms with Gasteiger partial charge in [0.25, 0.3) is 0 Å². The van der Waals surface area contributed by atoms with Crippen LogP contribution in [0.2, 0.25) is 0 Å². The van der Waals surface area contributed by atoms with Gasteiger partial charge in [0.05, 0.1) is 6.61 Å². The molecule has 1 aromatic rings. The summed E-state index contributed by atoms with van der Waals surface area (Å²) < 4.78 is 5.19. The molecule has 4 heteroatoms. The fourth-order valence-corrected chi connectivity index (χ4v) is 2.06. The minimum atomic E-state index is -0.876. The molecule has 1 unspecified atom stereocenters. The van der Waals surface area contributed by atoms with Crippen LogP contribution in [0, 0.1) is 6.92 Å². The van der Waals surface area contributed by atoms with Crippen LogP contribution < -0.4 is 0 Å². The van der Waals surface area contributed by atoms with Crippen molar-refractivity contribution in [2.45, 2.75) is 19.6 Å². The zero-order chi connectivity index (χ0) is 12.3. The van der Waals surface area contributed by atoms with E-state index in [1.807, 2.05) is 6.07 Å². The third kappa shape index (κ3) is 3.28. The van der Waals surface area contributed by atoms with Gasteiger partial charge in [0.2, 0.25) is 0 Å². The Balaban J connectivity index is 1.97. The summed E-state index contributed by atoms with van der Waals surface area (Å²) in [7, 11) is 0. The third-order valence-electron chi connectivity index (χ3n) is 2.91. The molecule has 0 aliphatic carbocycles. The van der Waals surface area contributed by atoms with E-state index in [9.17, 15) is 4.79 Å². The highest BCUT2D eigenvalue weighted by Gasteiger charge is 2.25. The number of benzene rings is 1. The molecule has 92 valence electrons. The van der Waals surface area contributed by atoms with Gasteiger partial charge in [-0.05, 0) is 12.5 Å². The number of carboxylic acid groups (broad SMARTS) is 1. The highest BCUT2D eigenvalue weighted by Crippen LogP contribution is 2.11. The summed E-state index contributed by atoms with van der Waals surface area (Å²) >= 11 is 0. The van der Waals surface area contributed by atoms with Crippen LogP contribution in [-0.4, -0.2) is 41.8 Å². The van der Waals surface area contributed by atoms with Crippen LogP contribution >= 0.6 is 0 Å². The number of ether oxygens (including phenoxy) is 1. The van der Waals surface area contributed by atoms with Crippen LogP contribution in [0.25, 0.3) is 0 Å². The van der Waals surface area contributed by atoms with Crippen molar-refractivity contribution in [1.29, 1.82) is 0 Å². The zero-order valence-electron chi connectivity index (χ0n) is 9.93. The maximum absolute atomic E-state index is 10.9. The molecular weight excluding hydrogens is 218 g/mol. The van der Waals surface area contributed by atoms with Gasteiger partial charge in [0.1, 0.15) is 0 Å². The predicted octanol–water partition coefficient (Wildman–Crippen LogP) is 1.28. The second-order valence-corrected chi connectivity index (χ2v) is 4.42. The molecule has 1 heterocycles. The predicted molar refractivity (Wildman–Crippen MR) is 63.8 cm³/mol. The molecule has 1 aliphatic rings. The van der Waals surface area contributed by atoms with E-state index in [-0.39, 0.29) is 0 Å². The first-order valence-electron chi connectivity index (χ1n) is 5.77. The van der Waals surface area contributed by atoms with E-state index in [0.29, 0.717) is 13.2 Å². The highest BCUT2D eigenvalue weighted by atomic mass is 16.5. The van der Waals surface area contributed by atoms with Crippen molar-refractivity contribution in [3.8, 4) is 0 Å². The molecule has 1 saturated heterocycles. The topological polar surface area (TPSA) is 49.8 Å². The van der Waals surface area contributed by atoms with Crippen molar-refractivity contribution in [3.05, 3.63) is 35.4 Å². The number of morpholine rings is 1. The first-order chi connectivity index (χ1) is 8.15. The summed E-state index contributed by atoms with van der Waals surface area (Å²) in [6.45, 7) is 4.58. The Kier molecular flexibility index (Phi) is 3.76. The monoisotopic (exact) mass is 235 g/mol. The number of aliphatic carboxylic acids is 1. The lowest BCUT2D eigenvalue weighted by Gasteiger charge is -2.30.